The molecule has 6 heteroatoms. The van der Waals surface area contributed by atoms with Gasteiger partial charge in [0.2, 0.25) is 0 Å². The van der Waals surface area contributed by atoms with E-state index in [4.69, 9.17) is 16.3 Å². The summed E-state index contributed by atoms with van der Waals surface area (Å²) in [5.41, 5.74) is 0.594. The van der Waals surface area contributed by atoms with E-state index in [1.165, 1.54) is 18.4 Å². The van der Waals surface area contributed by atoms with Crippen LogP contribution in [0.1, 0.15) is 13.8 Å². The second kappa shape index (κ2) is 5.91. The maximum absolute atomic E-state index is 11.5. The van der Waals surface area contributed by atoms with Crippen molar-refractivity contribution in [3.63, 3.8) is 0 Å². The van der Waals surface area contributed by atoms with E-state index in [0.29, 0.717) is 10.7 Å². The molecule has 2 atom stereocenters. The largest absolute Gasteiger partial charge is 0.380 e. The highest BCUT2D eigenvalue weighted by Crippen LogP contribution is 2.26. The Morgan fingerprint density at radius 2 is 1.94 bits per heavy atom. The first-order valence-corrected chi connectivity index (χ1v) is 7.81. The van der Waals surface area contributed by atoms with Crippen LogP contribution in [0, 0.1) is 0 Å². The average Bonchev–Trinajstić information content (AvgIpc) is 2.29. The Kier molecular flexibility index (Phi) is 5.01. The molecule has 18 heavy (non-hydrogen) atoms. The molecule has 0 fully saturated rings. The SMILES string of the molecule is COC(C)C(C)Nc1cc(S(C)(=O)=O)ccc1Cl. The van der Waals surface area contributed by atoms with Crippen molar-refractivity contribution < 1.29 is 13.2 Å². The number of ether oxygens (including phenoxy) is 1. The van der Waals surface area contributed by atoms with E-state index in [2.05, 4.69) is 5.32 Å². The van der Waals surface area contributed by atoms with Crippen LogP contribution in [-0.4, -0.2) is 33.9 Å². The number of nitrogens with one attached hydrogen (secondary N) is 1. The number of hydrogen-bond acceptors (Lipinski definition) is 4. The van der Waals surface area contributed by atoms with E-state index in [9.17, 15) is 8.42 Å². The molecule has 2 unspecified atom stereocenters. The minimum absolute atomic E-state index is 0.0112. The van der Waals surface area contributed by atoms with Crippen LogP contribution in [0.2, 0.25) is 5.02 Å². The lowest BCUT2D eigenvalue weighted by Gasteiger charge is -2.22. The molecule has 0 bridgehead atoms. The molecule has 0 aliphatic rings. The number of sulfone groups is 1. The van der Waals surface area contributed by atoms with Crippen LogP contribution >= 0.6 is 11.6 Å². The Morgan fingerprint density at radius 1 is 1.33 bits per heavy atom. The van der Waals surface area contributed by atoms with Gasteiger partial charge >= 0.3 is 0 Å². The number of anilines is 1. The molecule has 0 aromatic heterocycles. The maximum Gasteiger partial charge on any atom is 0.175 e. The summed E-state index contributed by atoms with van der Waals surface area (Å²) in [6.45, 7) is 3.86. The zero-order chi connectivity index (χ0) is 13.9. The van der Waals surface area contributed by atoms with Crippen LogP contribution < -0.4 is 5.32 Å². The van der Waals surface area contributed by atoms with E-state index >= 15 is 0 Å². The monoisotopic (exact) mass is 291 g/mol. The summed E-state index contributed by atoms with van der Waals surface area (Å²) >= 11 is 6.04. The second-order valence-electron chi connectivity index (χ2n) is 4.29. The summed E-state index contributed by atoms with van der Waals surface area (Å²) in [7, 11) is -1.61. The Balaban J connectivity index is 3.02. The summed E-state index contributed by atoms with van der Waals surface area (Å²) in [5.74, 6) is 0. The molecular weight excluding hydrogens is 274 g/mol. The highest BCUT2D eigenvalue weighted by atomic mass is 35.5. The summed E-state index contributed by atoms with van der Waals surface area (Å²) < 4.78 is 28.2. The summed E-state index contributed by atoms with van der Waals surface area (Å²) in [4.78, 5) is 0.242. The molecule has 1 N–H and O–H groups in total. The van der Waals surface area contributed by atoms with Gasteiger partial charge in [0, 0.05) is 19.4 Å². The number of rotatable bonds is 5. The van der Waals surface area contributed by atoms with Gasteiger partial charge in [-0.15, -0.1) is 0 Å². The highest BCUT2D eigenvalue weighted by Gasteiger charge is 2.15. The van der Waals surface area contributed by atoms with Crippen LogP contribution in [-0.2, 0) is 14.6 Å². The zero-order valence-corrected chi connectivity index (χ0v) is 12.5. The van der Waals surface area contributed by atoms with Crippen LogP contribution in [0.4, 0.5) is 5.69 Å². The molecule has 0 radical (unpaired) electrons. The van der Waals surface area contributed by atoms with E-state index in [0.717, 1.165) is 0 Å². The Labute approximate surface area is 113 Å². The third-order valence-corrected chi connectivity index (χ3v) is 4.26. The lowest BCUT2D eigenvalue weighted by molar-refractivity contribution is 0.106. The molecule has 0 spiro atoms. The number of halogens is 1. The van der Waals surface area contributed by atoms with Crippen LogP contribution in [0.5, 0.6) is 0 Å². The molecule has 1 aromatic rings. The number of methoxy groups -OCH3 is 1. The van der Waals surface area contributed by atoms with E-state index < -0.39 is 9.84 Å². The molecule has 0 amide bonds. The molecule has 0 aliphatic carbocycles. The van der Waals surface area contributed by atoms with Crippen molar-refractivity contribution in [2.45, 2.75) is 30.9 Å². The first-order chi connectivity index (χ1) is 8.25. The first-order valence-electron chi connectivity index (χ1n) is 5.54. The molecular formula is C12H18ClNO3S. The fraction of sp³-hybridized carbons (Fsp3) is 0.500. The van der Waals surface area contributed by atoms with Crippen LogP contribution in [0.25, 0.3) is 0 Å². The van der Waals surface area contributed by atoms with Crippen molar-refractivity contribution in [2.75, 3.05) is 18.7 Å². The van der Waals surface area contributed by atoms with Crippen molar-refractivity contribution in [1.29, 1.82) is 0 Å². The molecule has 102 valence electrons. The van der Waals surface area contributed by atoms with Gasteiger partial charge < -0.3 is 10.1 Å². The zero-order valence-electron chi connectivity index (χ0n) is 10.9. The smallest absolute Gasteiger partial charge is 0.175 e. The van der Waals surface area contributed by atoms with Gasteiger partial charge in [0.05, 0.1) is 21.7 Å². The summed E-state index contributed by atoms with van der Waals surface area (Å²) in [5, 5.41) is 3.64. The quantitative estimate of drug-likeness (QED) is 0.906. The van der Waals surface area contributed by atoms with Gasteiger partial charge in [-0.25, -0.2) is 8.42 Å². The minimum Gasteiger partial charge on any atom is -0.380 e. The predicted octanol–water partition coefficient (Wildman–Crippen LogP) is 2.58. The number of benzene rings is 1. The van der Waals surface area contributed by atoms with Crippen molar-refractivity contribution in [1.82, 2.24) is 0 Å². The van der Waals surface area contributed by atoms with Gasteiger partial charge in [-0.2, -0.15) is 0 Å². The fourth-order valence-corrected chi connectivity index (χ4v) is 2.23. The molecule has 0 saturated carbocycles. The molecule has 0 saturated heterocycles. The number of hydrogen-bond donors (Lipinski definition) is 1. The highest BCUT2D eigenvalue weighted by molar-refractivity contribution is 7.90. The third-order valence-electron chi connectivity index (χ3n) is 2.83. The third kappa shape index (κ3) is 3.86. The van der Waals surface area contributed by atoms with Crippen molar-refractivity contribution >= 4 is 27.1 Å². The minimum atomic E-state index is -3.23. The molecule has 1 rings (SSSR count). The van der Waals surface area contributed by atoms with Gasteiger partial charge in [0.1, 0.15) is 0 Å². The first kappa shape index (κ1) is 15.3. The predicted molar refractivity (Wildman–Crippen MR) is 74.1 cm³/mol. The molecule has 4 nitrogen and oxygen atoms in total. The normalized spacial score (nSPS) is 15.2. The standard InChI is InChI=1S/C12H18ClNO3S/c1-8(9(2)17-3)14-12-7-10(18(4,15)16)5-6-11(12)13/h5-9,14H,1-4H3. The lowest BCUT2D eigenvalue weighted by atomic mass is 10.2. The lowest BCUT2D eigenvalue weighted by Crippen LogP contribution is -2.29. The fourth-order valence-electron chi connectivity index (χ4n) is 1.41. The Bertz CT molecular complexity index is 516. The van der Waals surface area contributed by atoms with Crippen LogP contribution in [0.15, 0.2) is 23.1 Å². The summed E-state index contributed by atoms with van der Waals surface area (Å²) in [6.07, 6.45) is 1.16. The second-order valence-corrected chi connectivity index (χ2v) is 6.71. The van der Waals surface area contributed by atoms with Gasteiger partial charge in [0.25, 0.3) is 0 Å². The van der Waals surface area contributed by atoms with Gasteiger partial charge in [0.15, 0.2) is 9.84 Å². The van der Waals surface area contributed by atoms with Crippen molar-refractivity contribution in [3.05, 3.63) is 23.2 Å². The molecule has 0 aliphatic heterocycles. The summed E-state index contributed by atoms with van der Waals surface area (Å²) in [6, 6.07) is 4.62. The molecule has 0 heterocycles. The Morgan fingerprint density at radius 3 is 2.44 bits per heavy atom. The van der Waals surface area contributed by atoms with E-state index in [-0.39, 0.29) is 17.0 Å². The van der Waals surface area contributed by atoms with Crippen molar-refractivity contribution in [3.8, 4) is 0 Å². The maximum atomic E-state index is 11.5. The average molecular weight is 292 g/mol. The van der Waals surface area contributed by atoms with Gasteiger partial charge in [-0.3, -0.25) is 0 Å². The Hall–Kier alpha value is -0.780. The van der Waals surface area contributed by atoms with Gasteiger partial charge in [-0.1, -0.05) is 11.6 Å². The van der Waals surface area contributed by atoms with Crippen molar-refractivity contribution in [2.24, 2.45) is 0 Å². The van der Waals surface area contributed by atoms with E-state index in [1.54, 1.807) is 13.2 Å². The van der Waals surface area contributed by atoms with Gasteiger partial charge in [-0.05, 0) is 32.0 Å². The van der Waals surface area contributed by atoms with Crippen LogP contribution in [0.3, 0.4) is 0 Å². The molecule has 1 aromatic carbocycles. The van der Waals surface area contributed by atoms with E-state index in [1.807, 2.05) is 13.8 Å². The topological polar surface area (TPSA) is 55.4 Å².